The lowest BCUT2D eigenvalue weighted by Crippen LogP contribution is -2.13. The van der Waals surface area contributed by atoms with Gasteiger partial charge in [-0.3, -0.25) is 14.6 Å². The average Bonchev–Trinajstić information content (AvgIpc) is 2.53. The first-order chi connectivity index (χ1) is 12.0. The van der Waals surface area contributed by atoms with Crippen molar-refractivity contribution in [3.63, 3.8) is 0 Å². The van der Waals surface area contributed by atoms with Crippen molar-refractivity contribution in [3.8, 4) is 5.88 Å². The van der Waals surface area contributed by atoms with Gasteiger partial charge in [0.25, 0.3) is 5.56 Å². The fraction of sp³-hybridized carbons (Fsp3) is 0.176. The van der Waals surface area contributed by atoms with Crippen LogP contribution in [0.1, 0.15) is 12.1 Å². The van der Waals surface area contributed by atoms with E-state index < -0.39 is 5.56 Å². The highest BCUT2D eigenvalue weighted by atomic mass is 32.2. The fourth-order valence-corrected chi connectivity index (χ4v) is 3.17. The van der Waals surface area contributed by atoms with Crippen molar-refractivity contribution in [3.05, 3.63) is 52.4 Å². The topological polar surface area (TPSA) is 108 Å². The summed E-state index contributed by atoms with van der Waals surface area (Å²) in [4.78, 5) is 34.2. The fourth-order valence-electron chi connectivity index (χ4n) is 2.36. The van der Waals surface area contributed by atoms with Crippen molar-refractivity contribution in [1.29, 1.82) is 0 Å². The average molecular weight is 356 g/mol. The first-order valence-electron chi connectivity index (χ1n) is 7.60. The molecule has 8 heteroatoms. The van der Waals surface area contributed by atoms with Gasteiger partial charge in [0.05, 0.1) is 17.3 Å². The summed E-state index contributed by atoms with van der Waals surface area (Å²) in [7, 11) is 0. The molecule has 0 unspecified atom stereocenters. The number of carbonyl (C=O) groups is 1. The number of aryl methyl sites for hydroxylation is 1. The number of thioether (sulfide) groups is 1. The maximum Gasteiger partial charge on any atom is 0.255 e. The molecule has 0 fully saturated rings. The molecule has 3 N–H and O–H groups in total. The highest BCUT2D eigenvalue weighted by Crippen LogP contribution is 2.23. The second-order valence-electron chi connectivity index (χ2n) is 5.38. The smallest absolute Gasteiger partial charge is 0.255 e. The van der Waals surface area contributed by atoms with Crippen LogP contribution in [0.15, 0.2) is 46.3 Å². The van der Waals surface area contributed by atoms with E-state index in [1.165, 1.54) is 11.8 Å². The van der Waals surface area contributed by atoms with Crippen LogP contribution in [0.5, 0.6) is 5.88 Å². The molecule has 2 heterocycles. The molecule has 0 saturated heterocycles. The molecule has 0 aliphatic carbocycles. The minimum atomic E-state index is -0.432. The lowest BCUT2D eigenvalue weighted by molar-refractivity contribution is -0.115. The molecule has 0 radical (unpaired) electrons. The predicted molar refractivity (Wildman–Crippen MR) is 97.0 cm³/mol. The molecule has 3 rings (SSSR count). The third-order valence-electron chi connectivity index (χ3n) is 3.39. The molecular weight excluding hydrogens is 340 g/mol. The molecule has 2 aromatic heterocycles. The highest BCUT2D eigenvalue weighted by Gasteiger charge is 2.09. The molecule has 0 bridgehead atoms. The number of hydrogen-bond donors (Lipinski definition) is 3. The van der Waals surface area contributed by atoms with E-state index in [-0.39, 0.29) is 23.4 Å². The number of aromatic nitrogens is 3. The van der Waals surface area contributed by atoms with Crippen LogP contribution in [0, 0.1) is 6.92 Å². The highest BCUT2D eigenvalue weighted by molar-refractivity contribution is 7.99. The zero-order valence-corrected chi connectivity index (χ0v) is 14.3. The number of nitrogens with zero attached hydrogens (tertiary/aromatic N) is 2. The van der Waals surface area contributed by atoms with Gasteiger partial charge in [-0.15, -0.1) is 0 Å². The van der Waals surface area contributed by atoms with Gasteiger partial charge in [-0.1, -0.05) is 30.0 Å². The lowest BCUT2D eigenvalue weighted by Gasteiger charge is -2.09. The molecule has 0 spiro atoms. The van der Waals surface area contributed by atoms with Crippen molar-refractivity contribution in [2.24, 2.45) is 0 Å². The zero-order valence-electron chi connectivity index (χ0n) is 13.4. The molecule has 25 heavy (non-hydrogen) atoms. The number of aromatic hydroxyl groups is 1. The number of amides is 1. The van der Waals surface area contributed by atoms with E-state index in [0.29, 0.717) is 5.75 Å². The standard InChI is InChI=1S/C17H16N4O3S/c1-10-8-13(11-4-2-3-5-12(11)18-10)19-14(22)6-7-25-17-20-15(23)9-16(24)21-17/h2-5,8-9H,6-7H2,1H3,(H,18,19,22)(H2,20,21,23,24). The molecule has 0 atom stereocenters. The minimum Gasteiger partial charge on any atom is -0.493 e. The number of aromatic amines is 1. The minimum absolute atomic E-state index is 0.147. The van der Waals surface area contributed by atoms with Crippen LogP contribution in [0.3, 0.4) is 0 Å². The largest absolute Gasteiger partial charge is 0.493 e. The van der Waals surface area contributed by atoms with E-state index in [9.17, 15) is 14.7 Å². The van der Waals surface area contributed by atoms with Crippen LogP contribution < -0.4 is 10.9 Å². The number of carbonyl (C=O) groups excluding carboxylic acids is 1. The predicted octanol–water partition coefficient (Wildman–Crippen LogP) is 2.45. The van der Waals surface area contributed by atoms with Gasteiger partial charge in [-0.2, -0.15) is 4.98 Å². The van der Waals surface area contributed by atoms with Crippen LogP contribution in [0.2, 0.25) is 0 Å². The van der Waals surface area contributed by atoms with Crippen molar-refractivity contribution < 1.29 is 9.90 Å². The van der Waals surface area contributed by atoms with Gasteiger partial charge >= 0.3 is 0 Å². The van der Waals surface area contributed by atoms with E-state index in [2.05, 4.69) is 20.3 Å². The van der Waals surface area contributed by atoms with Crippen LogP contribution in [0.25, 0.3) is 10.9 Å². The van der Waals surface area contributed by atoms with Crippen LogP contribution in [0.4, 0.5) is 5.69 Å². The van der Waals surface area contributed by atoms with Crippen LogP contribution >= 0.6 is 11.8 Å². The van der Waals surface area contributed by atoms with E-state index in [1.54, 1.807) is 0 Å². The SMILES string of the molecule is Cc1cc(NC(=O)CCSc2nc(O)cc(=O)[nH]2)c2ccccc2n1. The Bertz CT molecular complexity index is 987. The monoisotopic (exact) mass is 356 g/mol. The maximum absolute atomic E-state index is 12.2. The number of anilines is 1. The normalized spacial score (nSPS) is 10.8. The quantitative estimate of drug-likeness (QED) is 0.479. The van der Waals surface area contributed by atoms with Gasteiger partial charge in [0.2, 0.25) is 11.8 Å². The van der Waals surface area contributed by atoms with E-state index >= 15 is 0 Å². The lowest BCUT2D eigenvalue weighted by atomic mass is 10.1. The summed E-state index contributed by atoms with van der Waals surface area (Å²) >= 11 is 1.19. The number of benzene rings is 1. The summed E-state index contributed by atoms with van der Waals surface area (Å²) < 4.78 is 0. The van der Waals surface area contributed by atoms with Crippen molar-refractivity contribution >= 4 is 34.3 Å². The number of nitrogens with one attached hydrogen (secondary N) is 2. The Balaban J connectivity index is 1.64. The van der Waals surface area contributed by atoms with Gasteiger partial charge in [0.15, 0.2) is 5.16 Å². The Hall–Kier alpha value is -2.87. The first kappa shape index (κ1) is 17.0. The number of fused-ring (bicyclic) bond motifs is 1. The first-order valence-corrected chi connectivity index (χ1v) is 8.59. The maximum atomic E-state index is 12.2. The second-order valence-corrected chi connectivity index (χ2v) is 6.47. The zero-order chi connectivity index (χ0) is 17.8. The van der Waals surface area contributed by atoms with Gasteiger partial charge < -0.3 is 15.4 Å². The molecule has 0 aliphatic rings. The van der Waals surface area contributed by atoms with E-state index in [1.807, 2.05) is 37.3 Å². The summed E-state index contributed by atoms with van der Waals surface area (Å²) in [5, 5.41) is 13.4. The van der Waals surface area contributed by atoms with E-state index in [4.69, 9.17) is 0 Å². The third-order valence-corrected chi connectivity index (χ3v) is 4.27. The van der Waals surface area contributed by atoms with Crippen molar-refractivity contribution in [1.82, 2.24) is 15.0 Å². The molecule has 128 valence electrons. The number of H-pyrrole nitrogens is 1. The Morgan fingerprint density at radius 3 is 2.88 bits per heavy atom. The Labute approximate surface area is 147 Å². The van der Waals surface area contributed by atoms with Crippen molar-refractivity contribution in [2.45, 2.75) is 18.5 Å². The third kappa shape index (κ3) is 4.36. The molecule has 3 aromatic rings. The number of pyridine rings is 1. The summed E-state index contributed by atoms with van der Waals surface area (Å²) in [5.74, 6) is -0.0690. The van der Waals surface area contributed by atoms with Gasteiger partial charge in [-0.05, 0) is 19.1 Å². The summed E-state index contributed by atoms with van der Waals surface area (Å²) in [5.41, 5.74) is 1.94. The van der Waals surface area contributed by atoms with Crippen molar-refractivity contribution in [2.75, 3.05) is 11.1 Å². The second kappa shape index (κ2) is 7.35. The Morgan fingerprint density at radius 2 is 2.08 bits per heavy atom. The summed E-state index contributed by atoms with van der Waals surface area (Å²) in [6.07, 6.45) is 0.236. The van der Waals surface area contributed by atoms with Gasteiger partial charge in [0.1, 0.15) is 0 Å². The molecule has 1 aromatic carbocycles. The number of para-hydroxylation sites is 1. The number of rotatable bonds is 5. The molecule has 1 amide bonds. The van der Waals surface area contributed by atoms with Gasteiger partial charge in [-0.25, -0.2) is 0 Å². The van der Waals surface area contributed by atoms with Gasteiger partial charge in [0, 0.05) is 23.3 Å². The Morgan fingerprint density at radius 1 is 1.28 bits per heavy atom. The molecule has 7 nitrogen and oxygen atoms in total. The molecule has 0 aliphatic heterocycles. The van der Waals surface area contributed by atoms with Crippen LogP contribution in [-0.4, -0.2) is 31.7 Å². The Kier molecular flexibility index (Phi) is 4.99. The van der Waals surface area contributed by atoms with Crippen LogP contribution in [-0.2, 0) is 4.79 Å². The number of hydrogen-bond acceptors (Lipinski definition) is 6. The summed E-state index contributed by atoms with van der Waals surface area (Å²) in [6, 6.07) is 10.4. The summed E-state index contributed by atoms with van der Waals surface area (Å²) in [6.45, 7) is 1.88. The molecular formula is C17H16N4O3S. The van der Waals surface area contributed by atoms with E-state index in [0.717, 1.165) is 28.4 Å². The molecule has 0 saturated carbocycles.